The van der Waals surface area contributed by atoms with E-state index in [1.165, 1.54) is 18.2 Å². The van der Waals surface area contributed by atoms with Gasteiger partial charge in [0.2, 0.25) is 0 Å². The standard InChI is InChI=1S/C25H21ClF2N2O4S/c26-19-9-15-10-23(24(19)31)35(33)29-22-11-18(20(27)12-21(22)28)17-4-2-1-3-14(17)13-34-16-5-7-30(8-6-16)25(15)32/h1-4,9-12,16,29,31H,5-8,13H2. The smallest absolute Gasteiger partial charge is 0.253 e. The molecule has 6 bridgehead atoms. The number of rotatable bonds is 0. The lowest BCUT2D eigenvalue weighted by atomic mass is 9.98. The SMILES string of the molecule is O=C1c2cc(Cl)c(O)c(c2)S(=O)Nc2cc(c(F)cc2F)-c2ccccc2COC2CCN1CC2. The van der Waals surface area contributed by atoms with Crippen molar-refractivity contribution in [2.45, 2.75) is 30.4 Å². The van der Waals surface area contributed by atoms with E-state index in [-0.39, 0.29) is 45.4 Å². The summed E-state index contributed by atoms with van der Waals surface area (Å²) in [5.74, 6) is -2.56. The number of phenolic OH excluding ortho intramolecular Hbond substituents is 1. The van der Waals surface area contributed by atoms with E-state index in [0.29, 0.717) is 43.1 Å². The number of aromatic hydroxyl groups is 1. The van der Waals surface area contributed by atoms with E-state index in [9.17, 15) is 22.9 Å². The molecule has 0 saturated carbocycles. The Labute approximate surface area is 208 Å². The molecule has 1 amide bonds. The lowest BCUT2D eigenvalue weighted by Crippen LogP contribution is -2.40. The molecule has 1 atom stereocenters. The summed E-state index contributed by atoms with van der Waals surface area (Å²) in [7, 11) is -2.21. The summed E-state index contributed by atoms with van der Waals surface area (Å²) >= 11 is 6.13. The zero-order chi connectivity index (χ0) is 24.7. The van der Waals surface area contributed by atoms with E-state index in [0.717, 1.165) is 0 Å². The van der Waals surface area contributed by atoms with Crippen LogP contribution in [0, 0.1) is 11.6 Å². The maximum absolute atomic E-state index is 14.9. The predicted molar refractivity (Wildman–Crippen MR) is 129 cm³/mol. The number of halogens is 3. The average Bonchev–Trinajstić information content (AvgIpc) is 2.85. The molecule has 3 aliphatic heterocycles. The molecule has 3 aromatic carbocycles. The van der Waals surface area contributed by atoms with Gasteiger partial charge in [-0.1, -0.05) is 35.9 Å². The van der Waals surface area contributed by atoms with Crippen molar-refractivity contribution >= 4 is 34.2 Å². The molecule has 35 heavy (non-hydrogen) atoms. The summed E-state index contributed by atoms with van der Waals surface area (Å²) in [4.78, 5) is 14.6. The lowest BCUT2D eigenvalue weighted by Gasteiger charge is -2.32. The minimum Gasteiger partial charge on any atom is -0.505 e. The van der Waals surface area contributed by atoms with Crippen LogP contribution in [0.3, 0.4) is 0 Å². The van der Waals surface area contributed by atoms with Crippen LogP contribution in [0.2, 0.25) is 5.02 Å². The number of carbonyl (C=O) groups excluding carboxylic acids is 1. The second kappa shape index (κ2) is 9.56. The first kappa shape index (κ1) is 23.7. The molecular formula is C25H21ClF2N2O4S. The van der Waals surface area contributed by atoms with Crippen LogP contribution in [-0.2, 0) is 22.3 Å². The summed E-state index contributed by atoms with van der Waals surface area (Å²) < 4.78 is 51.3. The molecule has 2 N–H and O–H groups in total. The molecule has 3 aliphatic rings. The van der Waals surface area contributed by atoms with E-state index < -0.39 is 28.4 Å². The molecule has 1 saturated heterocycles. The first-order valence-corrected chi connectivity index (χ1v) is 12.5. The minimum atomic E-state index is -2.21. The van der Waals surface area contributed by atoms with Gasteiger partial charge in [-0.25, -0.2) is 13.0 Å². The van der Waals surface area contributed by atoms with Crippen LogP contribution in [0.4, 0.5) is 14.5 Å². The van der Waals surface area contributed by atoms with Crippen LogP contribution < -0.4 is 4.72 Å². The van der Waals surface area contributed by atoms with Gasteiger partial charge in [-0.3, -0.25) is 9.52 Å². The third-order valence-corrected chi connectivity index (χ3v) is 7.65. The number of phenols is 1. The summed E-state index contributed by atoms with van der Waals surface area (Å²) in [5, 5.41) is 10.3. The molecule has 0 spiro atoms. The van der Waals surface area contributed by atoms with Crippen molar-refractivity contribution in [3.8, 4) is 16.9 Å². The van der Waals surface area contributed by atoms with Crippen LogP contribution in [0.5, 0.6) is 5.75 Å². The van der Waals surface area contributed by atoms with Gasteiger partial charge in [-0.15, -0.1) is 0 Å². The van der Waals surface area contributed by atoms with Crippen molar-refractivity contribution in [3.63, 3.8) is 0 Å². The Morgan fingerprint density at radius 3 is 2.57 bits per heavy atom. The Balaban J connectivity index is 1.65. The molecule has 6 rings (SSSR count). The predicted octanol–water partition coefficient (Wildman–Crippen LogP) is 5.26. The second-order valence-electron chi connectivity index (χ2n) is 8.45. The highest BCUT2D eigenvalue weighted by Crippen LogP contribution is 2.35. The van der Waals surface area contributed by atoms with Crippen LogP contribution >= 0.6 is 11.6 Å². The van der Waals surface area contributed by atoms with Gasteiger partial charge in [0.25, 0.3) is 5.91 Å². The van der Waals surface area contributed by atoms with Gasteiger partial charge in [0.15, 0.2) is 16.7 Å². The highest BCUT2D eigenvalue weighted by Gasteiger charge is 2.27. The molecule has 182 valence electrons. The number of piperidine rings is 1. The Hall–Kier alpha value is -3.01. The minimum absolute atomic E-state index is 0.0930. The number of carbonyl (C=O) groups is 1. The number of fused-ring (bicyclic) bond motifs is 4. The molecule has 10 heteroatoms. The van der Waals surface area contributed by atoms with Crippen LogP contribution in [0.1, 0.15) is 28.8 Å². The molecule has 0 radical (unpaired) electrons. The number of hydrogen-bond donors (Lipinski definition) is 2. The fourth-order valence-corrected chi connectivity index (χ4v) is 5.61. The first-order chi connectivity index (χ1) is 16.8. The van der Waals surface area contributed by atoms with Crippen molar-refractivity contribution < 1.29 is 27.6 Å². The number of nitrogens with zero attached hydrogens (tertiary/aromatic N) is 1. The molecule has 3 heterocycles. The van der Waals surface area contributed by atoms with Gasteiger partial charge < -0.3 is 14.7 Å². The van der Waals surface area contributed by atoms with Crippen molar-refractivity contribution in [2.24, 2.45) is 0 Å². The summed E-state index contributed by atoms with van der Waals surface area (Å²) in [5.41, 5.74) is 1.24. The topological polar surface area (TPSA) is 78.9 Å². The molecule has 1 unspecified atom stereocenters. The average molecular weight is 519 g/mol. The number of ether oxygens (including phenoxy) is 1. The van der Waals surface area contributed by atoms with Gasteiger partial charge >= 0.3 is 0 Å². The van der Waals surface area contributed by atoms with E-state index >= 15 is 0 Å². The van der Waals surface area contributed by atoms with Crippen molar-refractivity contribution in [2.75, 3.05) is 17.8 Å². The lowest BCUT2D eigenvalue weighted by molar-refractivity contribution is -0.000225. The molecular weight excluding hydrogens is 498 g/mol. The Morgan fingerprint density at radius 2 is 1.80 bits per heavy atom. The van der Waals surface area contributed by atoms with Crippen molar-refractivity contribution in [3.05, 3.63) is 76.3 Å². The van der Waals surface area contributed by atoms with Crippen LogP contribution in [0.15, 0.2) is 53.4 Å². The van der Waals surface area contributed by atoms with Gasteiger partial charge in [0.1, 0.15) is 16.5 Å². The van der Waals surface area contributed by atoms with Crippen molar-refractivity contribution in [1.82, 2.24) is 4.90 Å². The fraction of sp³-hybridized carbons (Fsp3) is 0.240. The normalized spacial score (nSPS) is 20.2. The molecule has 3 aromatic rings. The van der Waals surface area contributed by atoms with Gasteiger partial charge in [-0.2, -0.15) is 0 Å². The highest BCUT2D eigenvalue weighted by molar-refractivity contribution is 7.86. The molecule has 1 fully saturated rings. The maximum Gasteiger partial charge on any atom is 0.253 e. The molecule has 0 aliphatic carbocycles. The summed E-state index contributed by atoms with van der Waals surface area (Å²) in [6.45, 7) is 1.10. The van der Waals surface area contributed by atoms with E-state index in [1.807, 2.05) is 0 Å². The van der Waals surface area contributed by atoms with Gasteiger partial charge in [0, 0.05) is 30.3 Å². The quantitative estimate of drug-likeness (QED) is 0.425. The zero-order valence-corrected chi connectivity index (χ0v) is 20.0. The number of benzene rings is 3. The maximum atomic E-state index is 14.9. The zero-order valence-electron chi connectivity index (χ0n) is 18.4. The largest absolute Gasteiger partial charge is 0.505 e. The van der Waals surface area contributed by atoms with E-state index in [2.05, 4.69) is 4.72 Å². The highest BCUT2D eigenvalue weighted by atomic mass is 35.5. The second-order valence-corrected chi connectivity index (χ2v) is 10.0. The summed E-state index contributed by atoms with van der Waals surface area (Å²) in [6, 6.07) is 11.6. The third kappa shape index (κ3) is 4.63. The molecule has 0 aromatic heterocycles. The summed E-state index contributed by atoms with van der Waals surface area (Å²) in [6.07, 6.45) is 1.12. The van der Waals surface area contributed by atoms with E-state index in [1.54, 1.807) is 29.2 Å². The monoisotopic (exact) mass is 518 g/mol. The number of anilines is 1. The number of nitrogens with one attached hydrogen (secondary N) is 1. The number of amides is 1. The Bertz CT molecular complexity index is 1350. The first-order valence-electron chi connectivity index (χ1n) is 11.0. The van der Waals surface area contributed by atoms with Gasteiger partial charge in [-0.05, 0) is 42.2 Å². The fourth-order valence-electron chi connectivity index (χ4n) is 4.35. The Kier molecular flexibility index (Phi) is 6.48. The Morgan fingerprint density at radius 1 is 1.06 bits per heavy atom. The van der Waals surface area contributed by atoms with Crippen molar-refractivity contribution in [1.29, 1.82) is 0 Å². The van der Waals surface area contributed by atoms with E-state index in [4.69, 9.17) is 16.3 Å². The third-order valence-electron chi connectivity index (χ3n) is 6.25. The van der Waals surface area contributed by atoms with Crippen LogP contribution in [0.25, 0.3) is 11.1 Å². The van der Waals surface area contributed by atoms with Crippen LogP contribution in [-0.4, -0.2) is 39.3 Å². The number of hydrogen-bond acceptors (Lipinski definition) is 4. The van der Waals surface area contributed by atoms with Gasteiger partial charge in [0.05, 0.1) is 23.4 Å². The molecule has 6 nitrogen and oxygen atoms in total.